The molecule has 0 saturated carbocycles. The number of carbonyl (C=O) groups is 1. The van der Waals surface area contributed by atoms with Gasteiger partial charge in [0.2, 0.25) is 0 Å². The molecule has 0 aliphatic rings. The van der Waals surface area contributed by atoms with Crippen molar-refractivity contribution in [3.63, 3.8) is 0 Å². The smallest absolute Gasteiger partial charge is 0.255 e. The van der Waals surface area contributed by atoms with E-state index in [1.807, 2.05) is 38.4 Å². The highest BCUT2D eigenvalue weighted by Gasteiger charge is 2.06. The van der Waals surface area contributed by atoms with E-state index in [9.17, 15) is 4.79 Å². The molecule has 0 atom stereocenters. The highest BCUT2D eigenvalue weighted by molar-refractivity contribution is 6.04. The number of benzene rings is 2. The number of nitrogens with one attached hydrogen (secondary N) is 1. The molecular weight excluding hydrogens is 328 g/mol. The zero-order valence-electron chi connectivity index (χ0n) is 15.4. The molecule has 0 unspecified atom stereocenters. The summed E-state index contributed by atoms with van der Waals surface area (Å²) in [7, 11) is 4.08. The summed E-state index contributed by atoms with van der Waals surface area (Å²) in [6, 6.07) is 14.4. The summed E-state index contributed by atoms with van der Waals surface area (Å²) in [6.45, 7) is 5.70. The van der Waals surface area contributed by atoms with Crippen LogP contribution in [0.4, 0.5) is 5.69 Å². The van der Waals surface area contributed by atoms with Crippen LogP contribution in [-0.4, -0.2) is 44.7 Å². The lowest BCUT2D eigenvalue weighted by molar-refractivity contribution is 0.102. The van der Waals surface area contributed by atoms with Crippen molar-refractivity contribution >= 4 is 11.6 Å². The fourth-order valence-corrected chi connectivity index (χ4v) is 2.27. The monoisotopic (exact) mass is 354 g/mol. The highest BCUT2D eigenvalue weighted by atomic mass is 16.5. The van der Waals surface area contributed by atoms with Crippen molar-refractivity contribution in [2.75, 3.05) is 39.2 Å². The molecule has 26 heavy (non-hydrogen) atoms. The van der Waals surface area contributed by atoms with Crippen LogP contribution in [0, 0.1) is 0 Å². The first-order valence-electron chi connectivity index (χ1n) is 8.61. The number of hydrogen-bond acceptors (Lipinski definition) is 4. The Hall–Kier alpha value is -2.79. The van der Waals surface area contributed by atoms with Crippen LogP contribution in [0.25, 0.3) is 0 Å². The molecule has 138 valence electrons. The van der Waals surface area contributed by atoms with Gasteiger partial charge in [-0.1, -0.05) is 12.7 Å². The molecule has 5 heteroatoms. The third-order valence-electron chi connectivity index (χ3n) is 3.61. The van der Waals surface area contributed by atoms with Gasteiger partial charge in [0.25, 0.3) is 5.91 Å². The van der Waals surface area contributed by atoms with E-state index in [2.05, 4.69) is 16.8 Å². The standard InChI is InChI=1S/C21H26N2O3/c1-4-15-25-19-10-6-17(7-11-19)21(24)22-18-8-12-20(13-9-18)26-16-5-14-23(2)3/h4,6-13H,1,5,14-16H2,2-3H3,(H,22,24). The lowest BCUT2D eigenvalue weighted by Crippen LogP contribution is -2.15. The first kappa shape index (κ1) is 19.5. The van der Waals surface area contributed by atoms with Gasteiger partial charge in [0.15, 0.2) is 0 Å². The Morgan fingerprint density at radius 2 is 1.65 bits per heavy atom. The van der Waals surface area contributed by atoms with Crippen molar-refractivity contribution in [3.8, 4) is 11.5 Å². The van der Waals surface area contributed by atoms with Gasteiger partial charge in [0.1, 0.15) is 18.1 Å². The summed E-state index contributed by atoms with van der Waals surface area (Å²) in [6.07, 6.45) is 2.65. The molecule has 0 saturated heterocycles. The number of anilines is 1. The van der Waals surface area contributed by atoms with Gasteiger partial charge >= 0.3 is 0 Å². The van der Waals surface area contributed by atoms with Gasteiger partial charge in [0, 0.05) is 17.8 Å². The largest absolute Gasteiger partial charge is 0.494 e. The van der Waals surface area contributed by atoms with Crippen molar-refractivity contribution in [3.05, 3.63) is 66.7 Å². The van der Waals surface area contributed by atoms with Crippen LogP contribution in [0.2, 0.25) is 0 Å². The zero-order chi connectivity index (χ0) is 18.8. The molecule has 0 heterocycles. The average molecular weight is 354 g/mol. The summed E-state index contributed by atoms with van der Waals surface area (Å²) >= 11 is 0. The molecule has 1 amide bonds. The van der Waals surface area contributed by atoms with Crippen molar-refractivity contribution in [2.45, 2.75) is 6.42 Å². The van der Waals surface area contributed by atoms with Gasteiger partial charge in [-0.25, -0.2) is 0 Å². The Morgan fingerprint density at radius 1 is 1.04 bits per heavy atom. The van der Waals surface area contributed by atoms with Gasteiger partial charge in [-0.2, -0.15) is 0 Å². The van der Waals surface area contributed by atoms with Gasteiger partial charge in [-0.3, -0.25) is 4.79 Å². The van der Waals surface area contributed by atoms with Crippen molar-refractivity contribution in [2.24, 2.45) is 0 Å². The number of hydrogen-bond donors (Lipinski definition) is 1. The van der Waals surface area contributed by atoms with E-state index in [0.717, 1.165) is 24.4 Å². The van der Waals surface area contributed by atoms with Crippen molar-refractivity contribution in [1.29, 1.82) is 0 Å². The normalized spacial score (nSPS) is 10.4. The molecule has 0 radical (unpaired) electrons. The van der Waals surface area contributed by atoms with E-state index in [4.69, 9.17) is 9.47 Å². The van der Waals surface area contributed by atoms with Crippen LogP contribution in [0.5, 0.6) is 11.5 Å². The maximum atomic E-state index is 12.3. The third kappa shape index (κ3) is 6.61. The fourth-order valence-electron chi connectivity index (χ4n) is 2.27. The third-order valence-corrected chi connectivity index (χ3v) is 3.61. The molecule has 0 spiro atoms. The quantitative estimate of drug-likeness (QED) is 0.520. The summed E-state index contributed by atoms with van der Waals surface area (Å²) in [5.41, 5.74) is 1.29. The predicted molar refractivity (Wildman–Crippen MR) is 105 cm³/mol. The SMILES string of the molecule is C=CCOc1ccc(C(=O)Nc2ccc(OCCCN(C)C)cc2)cc1. The Bertz CT molecular complexity index is 694. The maximum Gasteiger partial charge on any atom is 0.255 e. The minimum Gasteiger partial charge on any atom is -0.494 e. The van der Waals surface area contributed by atoms with Crippen LogP contribution in [0.1, 0.15) is 16.8 Å². The molecule has 0 aromatic heterocycles. The van der Waals surface area contributed by atoms with Crippen LogP contribution >= 0.6 is 0 Å². The molecule has 2 aromatic carbocycles. The average Bonchev–Trinajstić information content (AvgIpc) is 2.65. The van der Waals surface area contributed by atoms with Crippen molar-refractivity contribution < 1.29 is 14.3 Å². The first-order valence-corrected chi connectivity index (χ1v) is 8.61. The number of amides is 1. The Labute approximate surface area is 155 Å². The van der Waals surface area contributed by atoms with E-state index in [0.29, 0.717) is 24.5 Å². The maximum absolute atomic E-state index is 12.3. The van der Waals surface area contributed by atoms with Crippen LogP contribution in [0.3, 0.4) is 0 Å². The molecule has 2 aromatic rings. The summed E-state index contributed by atoms with van der Waals surface area (Å²) in [5, 5.41) is 2.87. The molecule has 0 bridgehead atoms. The van der Waals surface area contributed by atoms with Gasteiger partial charge in [-0.15, -0.1) is 0 Å². The molecule has 2 rings (SSSR count). The second-order valence-corrected chi connectivity index (χ2v) is 6.11. The predicted octanol–water partition coefficient (Wildman–Crippen LogP) is 3.83. The number of nitrogens with zero attached hydrogens (tertiary/aromatic N) is 1. The number of ether oxygens (including phenoxy) is 2. The Kier molecular flexibility index (Phi) is 7.71. The van der Waals surface area contributed by atoms with E-state index < -0.39 is 0 Å². The first-order chi connectivity index (χ1) is 12.6. The Morgan fingerprint density at radius 3 is 2.27 bits per heavy atom. The second-order valence-electron chi connectivity index (χ2n) is 6.11. The number of carbonyl (C=O) groups excluding carboxylic acids is 1. The van der Waals surface area contributed by atoms with E-state index in [1.54, 1.807) is 30.3 Å². The molecule has 1 N–H and O–H groups in total. The summed E-state index contributed by atoms with van der Waals surface area (Å²) in [4.78, 5) is 14.4. The van der Waals surface area contributed by atoms with E-state index in [1.165, 1.54) is 0 Å². The minimum absolute atomic E-state index is 0.167. The van der Waals surface area contributed by atoms with E-state index in [-0.39, 0.29) is 5.91 Å². The minimum atomic E-state index is -0.167. The lowest BCUT2D eigenvalue weighted by atomic mass is 10.2. The van der Waals surface area contributed by atoms with Crippen LogP contribution < -0.4 is 14.8 Å². The molecule has 0 aliphatic carbocycles. The molecule has 0 aliphatic heterocycles. The summed E-state index contributed by atoms with van der Waals surface area (Å²) in [5.74, 6) is 1.34. The van der Waals surface area contributed by atoms with Crippen LogP contribution in [0.15, 0.2) is 61.2 Å². The second kappa shape index (κ2) is 10.3. The van der Waals surface area contributed by atoms with E-state index >= 15 is 0 Å². The topological polar surface area (TPSA) is 50.8 Å². The van der Waals surface area contributed by atoms with Gasteiger partial charge < -0.3 is 19.7 Å². The highest BCUT2D eigenvalue weighted by Crippen LogP contribution is 2.18. The fraction of sp³-hybridized carbons (Fsp3) is 0.286. The molecule has 5 nitrogen and oxygen atoms in total. The zero-order valence-corrected chi connectivity index (χ0v) is 15.4. The Balaban J connectivity index is 1.83. The lowest BCUT2D eigenvalue weighted by Gasteiger charge is -2.11. The summed E-state index contributed by atoms with van der Waals surface area (Å²) < 4.78 is 11.1. The van der Waals surface area contributed by atoms with Gasteiger partial charge in [0.05, 0.1) is 6.61 Å². The number of rotatable bonds is 10. The van der Waals surface area contributed by atoms with Crippen molar-refractivity contribution in [1.82, 2.24) is 4.90 Å². The van der Waals surface area contributed by atoms with Gasteiger partial charge in [-0.05, 0) is 69.0 Å². The van der Waals surface area contributed by atoms with Crippen LogP contribution in [-0.2, 0) is 0 Å². The molecule has 0 fully saturated rings. The molecular formula is C21H26N2O3.